The molecule has 0 radical (unpaired) electrons. The molecule has 0 saturated carbocycles. The summed E-state index contributed by atoms with van der Waals surface area (Å²) in [6, 6.07) is 8.86. The van der Waals surface area contributed by atoms with Gasteiger partial charge in [-0.3, -0.25) is 14.5 Å². The predicted molar refractivity (Wildman–Crippen MR) is 116 cm³/mol. The molecule has 2 heterocycles. The van der Waals surface area contributed by atoms with Gasteiger partial charge < -0.3 is 16.0 Å². The summed E-state index contributed by atoms with van der Waals surface area (Å²) in [6.45, 7) is 8.91. The van der Waals surface area contributed by atoms with Crippen LogP contribution in [0.15, 0.2) is 30.3 Å². The molecule has 7 heteroatoms. The van der Waals surface area contributed by atoms with Gasteiger partial charge in [-0.15, -0.1) is 0 Å². The standard InChI is InChI=1S/C23H34N4O3/c1-22(2)14-17(15-23(3,4)26-22)24-19(28)11-10-18-20(29)27(21(30)25-18)13-12-16-8-6-5-7-9-16/h5-9,17-18,26H,10-15H2,1-4H3,(H,24,28)(H,25,30)/t18-/m1/s1. The summed E-state index contributed by atoms with van der Waals surface area (Å²) in [5.74, 6) is -0.314. The van der Waals surface area contributed by atoms with Crippen LogP contribution in [-0.4, -0.2) is 52.5 Å². The number of benzene rings is 1. The van der Waals surface area contributed by atoms with Gasteiger partial charge in [0.15, 0.2) is 0 Å². The molecule has 1 aromatic carbocycles. The number of carbonyl (C=O) groups excluding carboxylic acids is 3. The van der Waals surface area contributed by atoms with Crippen LogP contribution in [-0.2, 0) is 16.0 Å². The summed E-state index contributed by atoms with van der Waals surface area (Å²) in [5, 5.41) is 9.45. The third kappa shape index (κ3) is 5.81. The van der Waals surface area contributed by atoms with Crippen molar-refractivity contribution in [2.45, 2.75) is 83.0 Å². The first kappa shape index (κ1) is 22.3. The highest BCUT2D eigenvalue weighted by atomic mass is 16.2. The van der Waals surface area contributed by atoms with Crippen molar-refractivity contribution in [3.8, 4) is 0 Å². The van der Waals surface area contributed by atoms with Crippen LogP contribution in [0.3, 0.4) is 0 Å². The van der Waals surface area contributed by atoms with Gasteiger partial charge in [0.1, 0.15) is 6.04 Å². The zero-order valence-electron chi connectivity index (χ0n) is 18.5. The van der Waals surface area contributed by atoms with Crippen molar-refractivity contribution in [2.24, 2.45) is 0 Å². The van der Waals surface area contributed by atoms with Crippen LogP contribution >= 0.6 is 0 Å². The lowest BCUT2D eigenvalue weighted by atomic mass is 9.79. The van der Waals surface area contributed by atoms with Crippen LogP contribution in [0, 0.1) is 0 Å². The SMILES string of the molecule is CC1(C)CC(NC(=O)CC[C@H]2NC(=O)N(CCc3ccccc3)C2=O)CC(C)(C)N1. The van der Waals surface area contributed by atoms with Gasteiger partial charge in [0, 0.05) is 30.1 Å². The van der Waals surface area contributed by atoms with Crippen molar-refractivity contribution in [1.82, 2.24) is 20.9 Å². The van der Waals surface area contributed by atoms with Crippen molar-refractivity contribution < 1.29 is 14.4 Å². The lowest BCUT2D eigenvalue weighted by Crippen LogP contribution is -2.62. The van der Waals surface area contributed by atoms with Crippen LogP contribution in [0.1, 0.15) is 58.9 Å². The number of piperidine rings is 1. The Balaban J connectivity index is 1.47. The van der Waals surface area contributed by atoms with E-state index in [0.29, 0.717) is 19.4 Å². The largest absolute Gasteiger partial charge is 0.353 e. The molecule has 2 saturated heterocycles. The Labute approximate surface area is 179 Å². The molecule has 0 aromatic heterocycles. The first-order chi connectivity index (χ1) is 14.0. The molecule has 7 nitrogen and oxygen atoms in total. The summed E-state index contributed by atoms with van der Waals surface area (Å²) < 4.78 is 0. The number of nitrogens with zero attached hydrogens (tertiary/aromatic N) is 1. The van der Waals surface area contributed by atoms with Gasteiger partial charge in [0.25, 0.3) is 5.91 Å². The van der Waals surface area contributed by atoms with E-state index in [9.17, 15) is 14.4 Å². The molecule has 0 bridgehead atoms. The number of urea groups is 1. The van der Waals surface area contributed by atoms with Crippen LogP contribution in [0.25, 0.3) is 0 Å². The van der Waals surface area contributed by atoms with E-state index in [1.165, 1.54) is 4.90 Å². The Kier molecular flexibility index (Phi) is 6.50. The Morgan fingerprint density at radius 2 is 1.73 bits per heavy atom. The van der Waals surface area contributed by atoms with Gasteiger partial charge in [0.05, 0.1) is 0 Å². The van der Waals surface area contributed by atoms with E-state index in [1.54, 1.807) is 0 Å². The fourth-order valence-corrected chi connectivity index (χ4v) is 4.87. The summed E-state index contributed by atoms with van der Waals surface area (Å²) in [4.78, 5) is 38.6. The number of imide groups is 1. The lowest BCUT2D eigenvalue weighted by Gasteiger charge is -2.46. The van der Waals surface area contributed by atoms with E-state index in [2.05, 4.69) is 43.6 Å². The summed E-state index contributed by atoms with van der Waals surface area (Å²) in [5.41, 5.74) is 0.983. The summed E-state index contributed by atoms with van der Waals surface area (Å²) >= 11 is 0. The molecule has 2 aliphatic heterocycles. The van der Waals surface area contributed by atoms with E-state index in [4.69, 9.17) is 0 Å². The molecule has 2 aliphatic rings. The second-order valence-corrected chi connectivity index (χ2v) is 9.83. The number of hydrogen-bond donors (Lipinski definition) is 3. The van der Waals surface area contributed by atoms with Crippen molar-refractivity contribution in [3.63, 3.8) is 0 Å². The molecule has 3 rings (SSSR count). The molecule has 0 aliphatic carbocycles. The highest BCUT2D eigenvalue weighted by Gasteiger charge is 2.39. The highest BCUT2D eigenvalue weighted by molar-refractivity contribution is 6.04. The number of rotatable bonds is 7. The van der Waals surface area contributed by atoms with E-state index in [-0.39, 0.29) is 41.4 Å². The molecule has 30 heavy (non-hydrogen) atoms. The first-order valence-electron chi connectivity index (χ1n) is 10.8. The maximum Gasteiger partial charge on any atom is 0.324 e. The fourth-order valence-electron chi connectivity index (χ4n) is 4.87. The van der Waals surface area contributed by atoms with Crippen LogP contribution < -0.4 is 16.0 Å². The van der Waals surface area contributed by atoms with E-state index in [0.717, 1.165) is 18.4 Å². The Morgan fingerprint density at radius 1 is 1.10 bits per heavy atom. The number of carbonyl (C=O) groups is 3. The average molecular weight is 415 g/mol. The lowest BCUT2D eigenvalue weighted by molar-refractivity contribution is -0.127. The molecule has 164 valence electrons. The van der Waals surface area contributed by atoms with Gasteiger partial charge in [-0.2, -0.15) is 0 Å². The normalized spacial score (nSPS) is 23.3. The Morgan fingerprint density at radius 3 is 2.37 bits per heavy atom. The maximum atomic E-state index is 12.6. The van der Waals surface area contributed by atoms with Crippen LogP contribution in [0.2, 0.25) is 0 Å². The van der Waals surface area contributed by atoms with E-state index >= 15 is 0 Å². The summed E-state index contributed by atoms with van der Waals surface area (Å²) in [7, 11) is 0. The second kappa shape index (κ2) is 8.76. The van der Waals surface area contributed by atoms with E-state index < -0.39 is 6.04 Å². The minimum absolute atomic E-state index is 0.0473. The molecular weight excluding hydrogens is 380 g/mol. The molecule has 0 unspecified atom stereocenters. The fraction of sp³-hybridized carbons (Fsp3) is 0.609. The van der Waals surface area contributed by atoms with Gasteiger partial charge in [-0.1, -0.05) is 30.3 Å². The van der Waals surface area contributed by atoms with Crippen molar-refractivity contribution >= 4 is 17.8 Å². The molecule has 3 N–H and O–H groups in total. The molecule has 1 aromatic rings. The molecular formula is C23H34N4O3. The molecule has 4 amide bonds. The maximum absolute atomic E-state index is 12.6. The molecule has 0 spiro atoms. The molecule has 2 fully saturated rings. The smallest absolute Gasteiger partial charge is 0.324 e. The zero-order chi connectivity index (χ0) is 21.9. The monoisotopic (exact) mass is 414 g/mol. The second-order valence-electron chi connectivity index (χ2n) is 9.83. The van der Waals surface area contributed by atoms with Gasteiger partial charge in [-0.25, -0.2) is 4.79 Å². The number of hydrogen-bond acceptors (Lipinski definition) is 4. The van der Waals surface area contributed by atoms with Gasteiger partial charge in [-0.05, 0) is 58.9 Å². The van der Waals surface area contributed by atoms with Gasteiger partial charge in [0.2, 0.25) is 5.91 Å². The van der Waals surface area contributed by atoms with Crippen molar-refractivity contribution in [3.05, 3.63) is 35.9 Å². The Hall–Kier alpha value is -2.41. The number of nitrogens with one attached hydrogen (secondary N) is 3. The first-order valence-corrected chi connectivity index (χ1v) is 10.8. The third-order valence-corrected chi connectivity index (χ3v) is 5.79. The third-order valence-electron chi connectivity index (χ3n) is 5.79. The minimum atomic E-state index is -0.625. The van der Waals surface area contributed by atoms with E-state index in [1.807, 2.05) is 30.3 Å². The number of amides is 4. The zero-order valence-corrected chi connectivity index (χ0v) is 18.5. The topological polar surface area (TPSA) is 90.5 Å². The van der Waals surface area contributed by atoms with Crippen molar-refractivity contribution in [1.29, 1.82) is 0 Å². The quantitative estimate of drug-likeness (QED) is 0.598. The van der Waals surface area contributed by atoms with Crippen molar-refractivity contribution in [2.75, 3.05) is 6.54 Å². The van der Waals surface area contributed by atoms with Gasteiger partial charge >= 0.3 is 6.03 Å². The summed E-state index contributed by atoms with van der Waals surface area (Å²) in [6.07, 6.45) is 2.86. The van der Waals surface area contributed by atoms with Crippen LogP contribution in [0.4, 0.5) is 4.79 Å². The predicted octanol–water partition coefficient (Wildman–Crippen LogP) is 2.36. The minimum Gasteiger partial charge on any atom is -0.353 e. The Bertz CT molecular complexity index is 775. The average Bonchev–Trinajstić information content (AvgIpc) is 2.89. The highest BCUT2D eigenvalue weighted by Crippen LogP contribution is 2.28. The molecule has 1 atom stereocenters. The van der Waals surface area contributed by atoms with Crippen LogP contribution in [0.5, 0.6) is 0 Å².